The lowest BCUT2D eigenvalue weighted by atomic mass is 10.2. The second kappa shape index (κ2) is 6.73. The molecule has 1 aliphatic rings. The van der Waals surface area contributed by atoms with Crippen LogP contribution in [0.5, 0.6) is 5.88 Å². The topological polar surface area (TPSA) is 55.3 Å². The van der Waals surface area contributed by atoms with Gasteiger partial charge in [0.05, 0.1) is 17.1 Å². The fraction of sp³-hybridized carbons (Fsp3) is 0.353. The highest BCUT2D eigenvalue weighted by atomic mass is 35.5. The number of nitrogens with zero attached hydrogens (tertiary/aromatic N) is 3. The van der Waals surface area contributed by atoms with Crippen molar-refractivity contribution in [1.82, 2.24) is 14.9 Å². The van der Waals surface area contributed by atoms with Crippen LogP contribution < -0.4 is 4.74 Å². The van der Waals surface area contributed by atoms with Crippen LogP contribution in [0.15, 0.2) is 24.3 Å². The summed E-state index contributed by atoms with van der Waals surface area (Å²) in [5.74, 6) is 0.475. The fourth-order valence-corrected chi connectivity index (χ4v) is 3.00. The molecule has 7 heteroatoms. The van der Waals surface area contributed by atoms with Gasteiger partial charge in [-0.05, 0) is 32.0 Å². The van der Waals surface area contributed by atoms with E-state index in [4.69, 9.17) is 16.3 Å². The Balaban J connectivity index is 1.67. The van der Waals surface area contributed by atoms with Gasteiger partial charge in [-0.2, -0.15) is 4.98 Å². The predicted octanol–water partition coefficient (Wildman–Crippen LogP) is 3.18. The number of benzene rings is 1. The van der Waals surface area contributed by atoms with E-state index >= 15 is 0 Å². The van der Waals surface area contributed by atoms with Crippen LogP contribution in [0.4, 0.5) is 4.39 Å². The van der Waals surface area contributed by atoms with E-state index in [1.165, 1.54) is 12.1 Å². The first kappa shape index (κ1) is 16.6. The number of carbonyl (C=O) groups is 1. The third-order valence-corrected chi connectivity index (χ3v) is 4.14. The number of aromatic nitrogens is 2. The molecule has 0 aliphatic carbocycles. The minimum atomic E-state index is -0.464. The van der Waals surface area contributed by atoms with Crippen molar-refractivity contribution in [1.29, 1.82) is 0 Å². The van der Waals surface area contributed by atoms with E-state index in [1.807, 2.05) is 6.92 Å². The highest BCUT2D eigenvalue weighted by Gasteiger charge is 2.29. The van der Waals surface area contributed by atoms with Gasteiger partial charge >= 0.3 is 0 Å². The third kappa shape index (κ3) is 3.64. The third-order valence-electron chi connectivity index (χ3n) is 3.82. The summed E-state index contributed by atoms with van der Waals surface area (Å²) in [6, 6.07) is 5.56. The molecule has 0 bridgehead atoms. The summed E-state index contributed by atoms with van der Waals surface area (Å²) in [7, 11) is 0. The van der Waals surface area contributed by atoms with Crippen molar-refractivity contribution in [3.05, 3.63) is 52.2 Å². The number of rotatable bonds is 3. The zero-order chi connectivity index (χ0) is 17.3. The Morgan fingerprint density at radius 2 is 2.12 bits per heavy atom. The van der Waals surface area contributed by atoms with Crippen molar-refractivity contribution >= 4 is 17.5 Å². The first-order valence-corrected chi connectivity index (χ1v) is 8.03. The van der Waals surface area contributed by atoms with Crippen molar-refractivity contribution in [2.45, 2.75) is 26.4 Å². The van der Waals surface area contributed by atoms with Gasteiger partial charge in [0.15, 0.2) is 0 Å². The van der Waals surface area contributed by atoms with E-state index in [9.17, 15) is 9.18 Å². The van der Waals surface area contributed by atoms with Gasteiger partial charge in [0.25, 0.3) is 5.91 Å². The van der Waals surface area contributed by atoms with Crippen molar-refractivity contribution < 1.29 is 13.9 Å². The second-order valence-electron chi connectivity index (χ2n) is 5.80. The molecule has 0 N–H and O–H groups in total. The van der Waals surface area contributed by atoms with Gasteiger partial charge in [0.2, 0.25) is 5.88 Å². The number of carbonyl (C=O) groups excluding carboxylic acids is 1. The quantitative estimate of drug-likeness (QED) is 0.854. The highest BCUT2D eigenvalue weighted by Crippen LogP contribution is 2.23. The molecule has 1 aromatic heterocycles. The van der Waals surface area contributed by atoms with Crippen LogP contribution in [0.3, 0.4) is 0 Å². The SMILES string of the molecule is Cc1cc(OC2CCN(C(=O)c3ccc(F)cc3Cl)C2)nc(C)n1. The maximum Gasteiger partial charge on any atom is 0.255 e. The number of amides is 1. The Labute approximate surface area is 144 Å². The molecule has 0 spiro atoms. The second-order valence-corrected chi connectivity index (χ2v) is 6.21. The normalized spacial score (nSPS) is 17.2. The summed E-state index contributed by atoms with van der Waals surface area (Å²) in [5, 5.41) is 0.117. The maximum absolute atomic E-state index is 13.1. The number of likely N-dealkylation sites (tertiary alicyclic amines) is 1. The first-order chi connectivity index (χ1) is 11.4. The molecule has 126 valence electrons. The summed E-state index contributed by atoms with van der Waals surface area (Å²) in [5.41, 5.74) is 1.13. The van der Waals surface area contributed by atoms with Gasteiger partial charge in [-0.3, -0.25) is 4.79 Å². The van der Waals surface area contributed by atoms with Crippen molar-refractivity contribution in [3.63, 3.8) is 0 Å². The Bertz CT molecular complexity index is 764. The molecule has 0 radical (unpaired) electrons. The largest absolute Gasteiger partial charge is 0.472 e. The molecule has 1 aliphatic heterocycles. The predicted molar refractivity (Wildman–Crippen MR) is 87.9 cm³/mol. The lowest BCUT2D eigenvalue weighted by Gasteiger charge is -2.18. The van der Waals surface area contributed by atoms with Gasteiger partial charge in [-0.1, -0.05) is 11.6 Å². The zero-order valence-electron chi connectivity index (χ0n) is 13.4. The van der Waals surface area contributed by atoms with Crippen LogP contribution in [-0.2, 0) is 0 Å². The smallest absolute Gasteiger partial charge is 0.255 e. The maximum atomic E-state index is 13.1. The molecule has 0 saturated carbocycles. The summed E-state index contributed by atoms with van der Waals surface area (Å²) < 4.78 is 19.0. The highest BCUT2D eigenvalue weighted by molar-refractivity contribution is 6.33. The number of hydrogen-bond donors (Lipinski definition) is 0. The van der Waals surface area contributed by atoms with Crippen LogP contribution in [0, 0.1) is 19.7 Å². The Morgan fingerprint density at radius 3 is 2.83 bits per heavy atom. The monoisotopic (exact) mass is 349 g/mol. The standard InChI is InChI=1S/C17H17ClFN3O2/c1-10-7-16(21-11(2)20-10)24-13-5-6-22(9-13)17(23)14-4-3-12(19)8-15(14)18/h3-4,7-8,13H,5-6,9H2,1-2H3. The summed E-state index contributed by atoms with van der Waals surface area (Å²) in [6.45, 7) is 4.68. The lowest BCUT2D eigenvalue weighted by Crippen LogP contribution is -2.31. The minimum Gasteiger partial charge on any atom is -0.472 e. The molecule has 1 aromatic carbocycles. The molecular weight excluding hydrogens is 333 g/mol. The van der Waals surface area contributed by atoms with Gasteiger partial charge in [0, 0.05) is 24.7 Å². The van der Waals surface area contributed by atoms with Gasteiger partial charge in [0.1, 0.15) is 17.7 Å². The van der Waals surface area contributed by atoms with Crippen LogP contribution in [-0.4, -0.2) is 40.0 Å². The summed E-state index contributed by atoms with van der Waals surface area (Å²) >= 11 is 5.97. The molecule has 2 aromatic rings. The van der Waals surface area contributed by atoms with E-state index in [-0.39, 0.29) is 17.0 Å². The summed E-state index contributed by atoms with van der Waals surface area (Å²) in [4.78, 5) is 22.6. The van der Waals surface area contributed by atoms with Gasteiger partial charge in [-0.15, -0.1) is 0 Å². The molecule has 24 heavy (non-hydrogen) atoms. The van der Waals surface area contributed by atoms with Gasteiger partial charge in [-0.25, -0.2) is 9.37 Å². The van der Waals surface area contributed by atoms with Gasteiger partial charge < -0.3 is 9.64 Å². The van der Waals surface area contributed by atoms with Crippen molar-refractivity contribution in [3.8, 4) is 5.88 Å². The molecule has 1 amide bonds. The zero-order valence-corrected chi connectivity index (χ0v) is 14.2. The molecule has 1 saturated heterocycles. The molecule has 1 unspecified atom stereocenters. The average Bonchev–Trinajstić information content (AvgIpc) is 2.94. The first-order valence-electron chi connectivity index (χ1n) is 7.65. The van der Waals surface area contributed by atoms with E-state index in [0.717, 1.165) is 11.8 Å². The molecule has 5 nitrogen and oxygen atoms in total. The number of hydrogen-bond acceptors (Lipinski definition) is 4. The molecule has 3 rings (SSSR count). The molecule has 1 atom stereocenters. The molecule has 1 fully saturated rings. The molecular formula is C17H17ClFN3O2. The average molecular weight is 350 g/mol. The van der Waals surface area contributed by atoms with Crippen molar-refractivity contribution in [2.75, 3.05) is 13.1 Å². The number of halogens is 2. The van der Waals surface area contributed by atoms with Crippen LogP contribution >= 0.6 is 11.6 Å². The van der Waals surface area contributed by atoms with E-state index < -0.39 is 5.82 Å². The van der Waals surface area contributed by atoms with E-state index in [0.29, 0.717) is 36.8 Å². The van der Waals surface area contributed by atoms with Crippen LogP contribution in [0.1, 0.15) is 28.3 Å². The molecule has 2 heterocycles. The number of aryl methyl sites for hydroxylation is 2. The fourth-order valence-electron chi connectivity index (χ4n) is 2.76. The van der Waals surface area contributed by atoms with Crippen LogP contribution in [0.2, 0.25) is 5.02 Å². The number of ether oxygens (including phenoxy) is 1. The Hall–Kier alpha value is -2.21. The van der Waals surface area contributed by atoms with Crippen LogP contribution in [0.25, 0.3) is 0 Å². The Morgan fingerprint density at radius 1 is 1.33 bits per heavy atom. The van der Waals surface area contributed by atoms with E-state index in [2.05, 4.69) is 9.97 Å². The lowest BCUT2D eigenvalue weighted by molar-refractivity contribution is 0.0771. The van der Waals surface area contributed by atoms with Crippen molar-refractivity contribution in [2.24, 2.45) is 0 Å². The van der Waals surface area contributed by atoms with E-state index in [1.54, 1.807) is 17.9 Å². The minimum absolute atomic E-state index is 0.117. The summed E-state index contributed by atoms with van der Waals surface area (Å²) in [6.07, 6.45) is 0.564. The Kier molecular flexibility index (Phi) is 4.66.